The van der Waals surface area contributed by atoms with Crippen LogP contribution in [0.1, 0.15) is 0 Å². The Morgan fingerprint density at radius 1 is 0.870 bits per heavy atom. The number of nitrogens with zero attached hydrogens (tertiary/aromatic N) is 1. The second-order valence-electron chi connectivity index (χ2n) is 5.08. The molecule has 0 unspecified atom stereocenters. The number of anilines is 1. The number of benzene rings is 3. The minimum atomic E-state index is -3.95. The summed E-state index contributed by atoms with van der Waals surface area (Å²) < 4.78 is 53.0. The largest absolute Gasteiger partial charge is 0.266 e. The lowest BCUT2D eigenvalue weighted by Crippen LogP contribution is -2.27. The van der Waals surface area contributed by atoms with Crippen molar-refractivity contribution in [1.82, 2.24) is 0 Å². The number of sulfonamides is 1. The predicted molar refractivity (Wildman–Crippen MR) is 85.9 cm³/mol. The zero-order chi connectivity index (χ0) is 16.6. The molecule has 3 nitrogen and oxygen atoms in total. The highest BCUT2D eigenvalue weighted by molar-refractivity contribution is 7.92. The van der Waals surface area contributed by atoms with Gasteiger partial charge < -0.3 is 0 Å². The Morgan fingerprint density at radius 3 is 2.26 bits per heavy atom. The Bertz CT molecular complexity index is 987. The third-order valence-corrected chi connectivity index (χ3v) is 5.40. The van der Waals surface area contributed by atoms with E-state index in [0.717, 1.165) is 27.2 Å². The van der Waals surface area contributed by atoms with E-state index >= 15 is 0 Å². The van der Waals surface area contributed by atoms with Crippen LogP contribution in [0.2, 0.25) is 0 Å². The standard InChI is InChI=1S/C17H13F2NO2S/c1-20(17-9-7-14(18)11-16(17)19)23(21,22)15-8-6-12-4-2-3-5-13(12)10-15/h2-11H,1H3. The van der Waals surface area contributed by atoms with Crippen molar-refractivity contribution in [2.24, 2.45) is 0 Å². The number of fused-ring (bicyclic) bond motifs is 1. The maximum Gasteiger partial charge on any atom is 0.264 e. The maximum absolute atomic E-state index is 13.9. The fraction of sp³-hybridized carbons (Fsp3) is 0.0588. The molecule has 0 saturated carbocycles. The number of halogens is 2. The number of hydrogen-bond acceptors (Lipinski definition) is 2. The topological polar surface area (TPSA) is 37.4 Å². The van der Waals surface area contributed by atoms with Crippen molar-refractivity contribution in [2.45, 2.75) is 4.90 Å². The van der Waals surface area contributed by atoms with Gasteiger partial charge in [0.2, 0.25) is 0 Å². The second kappa shape index (κ2) is 5.62. The van der Waals surface area contributed by atoms with Crippen LogP contribution < -0.4 is 4.31 Å². The van der Waals surface area contributed by atoms with Crippen LogP contribution in [0.3, 0.4) is 0 Å². The van der Waals surface area contributed by atoms with Gasteiger partial charge in [0.05, 0.1) is 10.6 Å². The summed E-state index contributed by atoms with van der Waals surface area (Å²) in [6.45, 7) is 0. The van der Waals surface area contributed by atoms with Crippen LogP contribution in [0, 0.1) is 11.6 Å². The summed E-state index contributed by atoms with van der Waals surface area (Å²) in [5.74, 6) is -1.69. The molecule has 0 radical (unpaired) electrons. The van der Waals surface area contributed by atoms with Gasteiger partial charge >= 0.3 is 0 Å². The molecule has 0 saturated heterocycles. The molecule has 3 aromatic rings. The van der Waals surface area contributed by atoms with Crippen LogP contribution in [0.5, 0.6) is 0 Å². The molecule has 0 atom stereocenters. The van der Waals surface area contributed by atoms with E-state index in [9.17, 15) is 17.2 Å². The van der Waals surface area contributed by atoms with E-state index in [1.807, 2.05) is 18.2 Å². The molecule has 0 amide bonds. The molecule has 0 spiro atoms. The van der Waals surface area contributed by atoms with Crippen molar-refractivity contribution >= 4 is 26.5 Å². The molecule has 6 heteroatoms. The molecule has 0 aromatic heterocycles. The molecule has 23 heavy (non-hydrogen) atoms. The van der Waals surface area contributed by atoms with Gasteiger partial charge in [-0.25, -0.2) is 17.2 Å². The fourth-order valence-corrected chi connectivity index (χ4v) is 3.59. The summed E-state index contributed by atoms with van der Waals surface area (Å²) in [6.07, 6.45) is 0. The second-order valence-corrected chi connectivity index (χ2v) is 7.05. The van der Waals surface area contributed by atoms with Gasteiger partial charge in [0, 0.05) is 13.1 Å². The molecule has 3 rings (SSSR count). The normalized spacial score (nSPS) is 11.6. The van der Waals surface area contributed by atoms with Crippen molar-refractivity contribution in [2.75, 3.05) is 11.4 Å². The molecule has 0 heterocycles. The van der Waals surface area contributed by atoms with Crippen LogP contribution in [0.15, 0.2) is 65.6 Å². The van der Waals surface area contributed by atoms with Crippen molar-refractivity contribution in [3.8, 4) is 0 Å². The summed E-state index contributed by atoms with van der Waals surface area (Å²) in [4.78, 5) is 0.0439. The highest BCUT2D eigenvalue weighted by Gasteiger charge is 2.24. The summed E-state index contributed by atoms with van der Waals surface area (Å²) in [7, 11) is -2.71. The summed E-state index contributed by atoms with van der Waals surface area (Å²) in [5, 5.41) is 1.67. The third-order valence-electron chi connectivity index (χ3n) is 3.63. The monoisotopic (exact) mass is 333 g/mol. The molecule has 0 aliphatic rings. The number of hydrogen-bond donors (Lipinski definition) is 0. The van der Waals surface area contributed by atoms with Crippen molar-refractivity contribution in [3.05, 3.63) is 72.3 Å². The summed E-state index contributed by atoms with van der Waals surface area (Å²) in [6, 6.07) is 14.8. The van der Waals surface area contributed by atoms with Gasteiger partial charge in [-0.05, 0) is 35.0 Å². The van der Waals surface area contributed by atoms with E-state index in [1.54, 1.807) is 12.1 Å². The highest BCUT2D eigenvalue weighted by atomic mass is 32.2. The average molecular weight is 333 g/mol. The smallest absolute Gasteiger partial charge is 0.264 e. The molecule has 0 aliphatic heterocycles. The third kappa shape index (κ3) is 2.77. The van der Waals surface area contributed by atoms with Crippen molar-refractivity contribution < 1.29 is 17.2 Å². The lowest BCUT2D eigenvalue weighted by atomic mass is 10.1. The average Bonchev–Trinajstić information content (AvgIpc) is 2.53. The van der Waals surface area contributed by atoms with Gasteiger partial charge in [-0.2, -0.15) is 0 Å². The minimum Gasteiger partial charge on any atom is -0.266 e. The predicted octanol–water partition coefficient (Wildman–Crippen LogP) is 3.94. The fourth-order valence-electron chi connectivity index (χ4n) is 2.35. The quantitative estimate of drug-likeness (QED) is 0.728. The molecule has 0 fully saturated rings. The van der Waals surface area contributed by atoms with Crippen LogP contribution in [0.4, 0.5) is 14.5 Å². The molecule has 3 aromatic carbocycles. The first kappa shape index (κ1) is 15.4. The Kier molecular flexibility index (Phi) is 3.77. The van der Waals surface area contributed by atoms with Gasteiger partial charge in [0.25, 0.3) is 10.0 Å². The van der Waals surface area contributed by atoms with Crippen molar-refractivity contribution in [3.63, 3.8) is 0 Å². The minimum absolute atomic E-state index is 0.0439. The first-order chi connectivity index (χ1) is 10.9. The molecular weight excluding hydrogens is 320 g/mol. The Labute approximate surface area is 132 Å². The lowest BCUT2D eigenvalue weighted by molar-refractivity contribution is 0.577. The van der Waals surface area contributed by atoms with Gasteiger partial charge in [0.1, 0.15) is 11.6 Å². The van der Waals surface area contributed by atoms with E-state index < -0.39 is 21.7 Å². The van der Waals surface area contributed by atoms with E-state index in [4.69, 9.17) is 0 Å². The van der Waals surface area contributed by atoms with Crippen molar-refractivity contribution in [1.29, 1.82) is 0 Å². The molecule has 0 aliphatic carbocycles. The van der Waals surface area contributed by atoms with E-state index in [0.29, 0.717) is 6.07 Å². The highest BCUT2D eigenvalue weighted by Crippen LogP contribution is 2.27. The summed E-state index contributed by atoms with van der Waals surface area (Å²) >= 11 is 0. The van der Waals surface area contributed by atoms with Crippen LogP contribution in [0.25, 0.3) is 10.8 Å². The molecule has 118 valence electrons. The summed E-state index contributed by atoms with van der Waals surface area (Å²) in [5.41, 5.74) is -0.209. The van der Waals surface area contributed by atoms with Gasteiger partial charge in [-0.15, -0.1) is 0 Å². The zero-order valence-corrected chi connectivity index (χ0v) is 13.0. The Morgan fingerprint density at radius 2 is 1.57 bits per heavy atom. The SMILES string of the molecule is CN(c1ccc(F)cc1F)S(=O)(=O)c1ccc2ccccc2c1. The van der Waals surface area contributed by atoms with Gasteiger partial charge in [-0.3, -0.25) is 4.31 Å². The zero-order valence-electron chi connectivity index (χ0n) is 12.2. The van der Waals surface area contributed by atoms with Crippen LogP contribution in [-0.2, 0) is 10.0 Å². The lowest BCUT2D eigenvalue weighted by Gasteiger charge is -2.20. The van der Waals surface area contributed by atoms with Crippen LogP contribution in [-0.4, -0.2) is 15.5 Å². The first-order valence-electron chi connectivity index (χ1n) is 6.82. The molecule has 0 bridgehead atoms. The van der Waals surface area contributed by atoms with E-state index in [1.165, 1.54) is 19.2 Å². The number of rotatable bonds is 3. The first-order valence-corrected chi connectivity index (χ1v) is 8.26. The van der Waals surface area contributed by atoms with Gasteiger partial charge in [-0.1, -0.05) is 30.3 Å². The van der Waals surface area contributed by atoms with E-state index in [2.05, 4.69) is 0 Å². The Hall–Kier alpha value is -2.47. The molecule has 0 N–H and O–H groups in total. The van der Waals surface area contributed by atoms with Crippen LogP contribution >= 0.6 is 0 Å². The van der Waals surface area contributed by atoms with Gasteiger partial charge in [0.15, 0.2) is 0 Å². The molecular formula is C17H13F2NO2S. The van der Waals surface area contributed by atoms with E-state index in [-0.39, 0.29) is 10.6 Å². The Balaban J connectivity index is 2.08. The maximum atomic E-state index is 13.9.